The summed E-state index contributed by atoms with van der Waals surface area (Å²) >= 11 is 0. The first-order chi connectivity index (χ1) is 8.06. The molecule has 2 nitrogen and oxygen atoms in total. The third kappa shape index (κ3) is 2.85. The number of rotatable bonds is 4. The van der Waals surface area contributed by atoms with E-state index in [9.17, 15) is 5.11 Å². The van der Waals surface area contributed by atoms with E-state index < -0.39 is 0 Å². The Morgan fingerprint density at radius 2 is 1.94 bits per heavy atom. The summed E-state index contributed by atoms with van der Waals surface area (Å²) in [6.07, 6.45) is 7.93. The summed E-state index contributed by atoms with van der Waals surface area (Å²) in [6.45, 7) is 4.68. The average molecular weight is 240 g/mol. The van der Waals surface area contributed by atoms with Crippen LogP contribution in [0.2, 0.25) is 0 Å². The molecule has 17 heavy (non-hydrogen) atoms. The van der Waals surface area contributed by atoms with Gasteiger partial charge in [0, 0.05) is 13.5 Å². The van der Waals surface area contributed by atoms with Gasteiger partial charge in [0.15, 0.2) is 0 Å². The van der Waals surface area contributed by atoms with Gasteiger partial charge in [0.1, 0.15) is 0 Å². The minimum atomic E-state index is -0.148. The minimum Gasteiger partial charge on any atom is -0.393 e. The average Bonchev–Trinajstić information content (AvgIpc) is 2.27. The second-order valence-corrected chi connectivity index (χ2v) is 6.54. The van der Waals surface area contributed by atoms with Gasteiger partial charge in [0.05, 0.1) is 11.7 Å². The number of ether oxygens (including phenoxy) is 1. The number of hydrogen-bond acceptors (Lipinski definition) is 2. The quantitative estimate of drug-likeness (QED) is 0.816. The van der Waals surface area contributed by atoms with Crippen molar-refractivity contribution in [1.29, 1.82) is 0 Å². The molecule has 0 spiro atoms. The van der Waals surface area contributed by atoms with Gasteiger partial charge >= 0.3 is 0 Å². The summed E-state index contributed by atoms with van der Waals surface area (Å²) in [5, 5.41) is 10.4. The maximum atomic E-state index is 10.4. The molecule has 4 atom stereocenters. The number of aliphatic hydroxyl groups excluding tert-OH is 1. The third-order valence-corrected chi connectivity index (χ3v) is 5.46. The van der Waals surface area contributed by atoms with Gasteiger partial charge in [-0.3, -0.25) is 0 Å². The van der Waals surface area contributed by atoms with Crippen LogP contribution in [0, 0.1) is 17.8 Å². The zero-order valence-corrected chi connectivity index (χ0v) is 11.6. The van der Waals surface area contributed by atoms with Crippen LogP contribution in [-0.2, 0) is 4.74 Å². The van der Waals surface area contributed by atoms with E-state index in [1.807, 2.05) is 0 Å². The van der Waals surface area contributed by atoms with Crippen molar-refractivity contribution in [2.24, 2.45) is 17.8 Å². The fourth-order valence-corrected chi connectivity index (χ4v) is 3.55. The van der Waals surface area contributed by atoms with E-state index in [0.717, 1.165) is 31.1 Å². The van der Waals surface area contributed by atoms with Crippen molar-refractivity contribution in [3.63, 3.8) is 0 Å². The highest BCUT2D eigenvalue weighted by Crippen LogP contribution is 2.42. The molecule has 0 aliphatic heterocycles. The minimum absolute atomic E-state index is 0.0196. The van der Waals surface area contributed by atoms with Gasteiger partial charge in [-0.1, -0.05) is 20.3 Å². The first-order valence-electron chi connectivity index (χ1n) is 7.29. The van der Waals surface area contributed by atoms with E-state index in [-0.39, 0.29) is 11.7 Å². The Bertz CT molecular complexity index is 242. The fourth-order valence-electron chi connectivity index (χ4n) is 3.55. The third-order valence-electron chi connectivity index (χ3n) is 5.46. The summed E-state index contributed by atoms with van der Waals surface area (Å²) in [5.74, 6) is 2.11. The molecule has 0 saturated heterocycles. The Kier molecular flexibility index (Phi) is 4.14. The van der Waals surface area contributed by atoms with Gasteiger partial charge in [0.25, 0.3) is 0 Å². The molecule has 0 aromatic heterocycles. The van der Waals surface area contributed by atoms with Gasteiger partial charge in [-0.25, -0.2) is 0 Å². The van der Waals surface area contributed by atoms with E-state index in [2.05, 4.69) is 13.8 Å². The maximum absolute atomic E-state index is 10.4. The fraction of sp³-hybridized carbons (Fsp3) is 1.00. The van der Waals surface area contributed by atoms with Gasteiger partial charge in [0.2, 0.25) is 0 Å². The predicted octanol–water partition coefficient (Wildman–Crippen LogP) is 3.38. The van der Waals surface area contributed by atoms with Crippen molar-refractivity contribution in [3.8, 4) is 0 Å². The molecule has 0 aromatic rings. The standard InChI is InChI=1S/C15H28O2/c1-11-5-6-13(9-12(11)2)14(16)10-15(17-3)7-4-8-15/h11-14,16H,4-10H2,1-3H3. The molecule has 4 unspecified atom stereocenters. The van der Waals surface area contributed by atoms with E-state index in [4.69, 9.17) is 4.74 Å². The molecule has 0 heterocycles. The first-order valence-corrected chi connectivity index (χ1v) is 7.29. The second kappa shape index (κ2) is 5.27. The molecule has 2 heteroatoms. The topological polar surface area (TPSA) is 29.5 Å². The van der Waals surface area contributed by atoms with Crippen LogP contribution in [0.5, 0.6) is 0 Å². The molecule has 2 aliphatic rings. The van der Waals surface area contributed by atoms with E-state index in [0.29, 0.717) is 5.92 Å². The molecule has 2 fully saturated rings. The van der Waals surface area contributed by atoms with Crippen LogP contribution >= 0.6 is 0 Å². The Balaban J connectivity index is 1.85. The van der Waals surface area contributed by atoms with Crippen LogP contribution in [-0.4, -0.2) is 23.9 Å². The van der Waals surface area contributed by atoms with Crippen LogP contribution < -0.4 is 0 Å². The second-order valence-electron chi connectivity index (χ2n) is 6.54. The molecule has 0 amide bonds. The number of aliphatic hydroxyl groups is 1. The Hall–Kier alpha value is -0.0800. The van der Waals surface area contributed by atoms with Crippen molar-refractivity contribution in [2.75, 3.05) is 7.11 Å². The Morgan fingerprint density at radius 3 is 2.41 bits per heavy atom. The normalized spacial score (nSPS) is 38.5. The molecular weight excluding hydrogens is 212 g/mol. The molecule has 0 bridgehead atoms. The highest BCUT2D eigenvalue weighted by molar-refractivity contribution is 4.93. The first kappa shape index (κ1) is 13.4. The van der Waals surface area contributed by atoms with Crippen molar-refractivity contribution < 1.29 is 9.84 Å². The Morgan fingerprint density at radius 1 is 1.24 bits per heavy atom. The smallest absolute Gasteiger partial charge is 0.0703 e. The lowest BCUT2D eigenvalue weighted by Crippen LogP contribution is -2.44. The zero-order chi connectivity index (χ0) is 12.5. The van der Waals surface area contributed by atoms with Crippen molar-refractivity contribution in [1.82, 2.24) is 0 Å². The molecule has 2 saturated carbocycles. The predicted molar refractivity (Wildman–Crippen MR) is 69.9 cm³/mol. The Labute approximate surface area is 106 Å². The van der Waals surface area contributed by atoms with Gasteiger partial charge < -0.3 is 9.84 Å². The lowest BCUT2D eigenvalue weighted by molar-refractivity contribution is -0.111. The highest BCUT2D eigenvalue weighted by atomic mass is 16.5. The van der Waals surface area contributed by atoms with Crippen LogP contribution in [0.4, 0.5) is 0 Å². The van der Waals surface area contributed by atoms with Crippen LogP contribution in [0.3, 0.4) is 0 Å². The monoisotopic (exact) mass is 240 g/mol. The number of hydrogen-bond donors (Lipinski definition) is 1. The van der Waals surface area contributed by atoms with E-state index in [1.165, 1.54) is 25.7 Å². The number of methoxy groups -OCH3 is 1. The van der Waals surface area contributed by atoms with Crippen molar-refractivity contribution in [2.45, 2.75) is 70.5 Å². The van der Waals surface area contributed by atoms with Crippen LogP contribution in [0.25, 0.3) is 0 Å². The molecule has 0 aromatic carbocycles. The van der Waals surface area contributed by atoms with Crippen molar-refractivity contribution in [3.05, 3.63) is 0 Å². The highest BCUT2D eigenvalue weighted by Gasteiger charge is 2.41. The molecular formula is C15H28O2. The van der Waals surface area contributed by atoms with E-state index in [1.54, 1.807) is 7.11 Å². The summed E-state index contributed by atoms with van der Waals surface area (Å²) in [6, 6.07) is 0. The summed E-state index contributed by atoms with van der Waals surface area (Å²) < 4.78 is 5.62. The SMILES string of the molecule is COC1(CC(O)C2CCC(C)C(C)C2)CCC1. The van der Waals surface area contributed by atoms with Crippen molar-refractivity contribution >= 4 is 0 Å². The van der Waals surface area contributed by atoms with Gasteiger partial charge in [-0.2, -0.15) is 0 Å². The lowest BCUT2D eigenvalue weighted by atomic mass is 9.69. The van der Waals surface area contributed by atoms with Gasteiger partial charge in [-0.05, 0) is 49.9 Å². The molecule has 2 rings (SSSR count). The van der Waals surface area contributed by atoms with Crippen LogP contribution in [0.1, 0.15) is 58.8 Å². The molecule has 1 N–H and O–H groups in total. The summed E-state index contributed by atoms with van der Waals surface area (Å²) in [7, 11) is 1.80. The summed E-state index contributed by atoms with van der Waals surface area (Å²) in [5.41, 5.74) is 0.0196. The largest absolute Gasteiger partial charge is 0.393 e. The lowest BCUT2D eigenvalue weighted by Gasteiger charge is -2.44. The molecule has 2 aliphatic carbocycles. The molecule has 100 valence electrons. The maximum Gasteiger partial charge on any atom is 0.0703 e. The molecule has 0 radical (unpaired) electrons. The van der Waals surface area contributed by atoms with Gasteiger partial charge in [-0.15, -0.1) is 0 Å². The summed E-state index contributed by atoms with van der Waals surface area (Å²) in [4.78, 5) is 0. The zero-order valence-electron chi connectivity index (χ0n) is 11.6. The van der Waals surface area contributed by atoms with E-state index >= 15 is 0 Å². The van der Waals surface area contributed by atoms with Crippen LogP contribution in [0.15, 0.2) is 0 Å².